The van der Waals surface area contributed by atoms with E-state index >= 15 is 0 Å². The first kappa shape index (κ1) is 28.7. The van der Waals surface area contributed by atoms with Gasteiger partial charge in [-0.1, -0.05) is 42.8 Å². The van der Waals surface area contributed by atoms with E-state index in [2.05, 4.69) is 60.2 Å². The van der Waals surface area contributed by atoms with E-state index in [1.165, 1.54) is 18.2 Å². The molecule has 2 N–H and O–H groups in total. The fourth-order valence-electron chi connectivity index (χ4n) is 4.16. The molecule has 11 heteroatoms. The molecule has 0 spiro atoms. The maximum absolute atomic E-state index is 14.4. The first-order chi connectivity index (χ1) is 18.2. The quantitative estimate of drug-likeness (QED) is 0.219. The average molecular weight is 616 g/mol. The number of anilines is 1. The Kier molecular flexibility index (Phi) is 7.88. The Labute approximate surface area is 235 Å². The van der Waals surface area contributed by atoms with Crippen LogP contribution in [0.15, 0.2) is 64.0 Å². The van der Waals surface area contributed by atoms with Crippen LogP contribution in [0.5, 0.6) is 0 Å². The van der Waals surface area contributed by atoms with E-state index in [1.54, 1.807) is 42.1 Å². The maximum atomic E-state index is 14.4. The summed E-state index contributed by atoms with van der Waals surface area (Å²) in [5.41, 5.74) is 2.18. The lowest BCUT2D eigenvalue weighted by molar-refractivity contribution is 0.194. The number of carbonyl (C=O) groups is 1. The summed E-state index contributed by atoms with van der Waals surface area (Å²) in [4.78, 5) is 25.1. The van der Waals surface area contributed by atoms with Gasteiger partial charge in [0.25, 0.3) is 5.56 Å². The van der Waals surface area contributed by atoms with Crippen LogP contribution in [0.1, 0.15) is 32.4 Å². The number of hydrogen-bond donors (Lipinski definition) is 2. The largest absolute Gasteiger partial charge is 0.463 e. The first-order valence-electron chi connectivity index (χ1n) is 12.5. The second-order valence-electron chi connectivity index (χ2n) is 11.0. The van der Waals surface area contributed by atoms with Gasteiger partial charge in [-0.05, 0) is 71.2 Å². The molecule has 1 atom stereocenters. The Bertz CT molecular complexity index is 1590. The molecule has 0 fully saturated rings. The molecular weight excluding hydrogens is 583 g/mol. The predicted octanol–water partition coefficient (Wildman–Crippen LogP) is 6.95. The van der Waals surface area contributed by atoms with Gasteiger partial charge in [-0.15, -0.1) is 5.10 Å². The Balaban J connectivity index is 1.76. The minimum absolute atomic E-state index is 0.0336. The van der Waals surface area contributed by atoms with E-state index in [0.717, 1.165) is 10.2 Å². The van der Waals surface area contributed by atoms with Crippen LogP contribution in [-0.2, 0) is 4.43 Å². The Morgan fingerprint density at radius 2 is 1.85 bits per heavy atom. The van der Waals surface area contributed by atoms with Gasteiger partial charge >= 0.3 is 6.09 Å². The summed E-state index contributed by atoms with van der Waals surface area (Å²) in [5.74, 6) is 0.0130. The van der Waals surface area contributed by atoms with Gasteiger partial charge in [0.2, 0.25) is 0 Å². The SMILES string of the molecule is CNc1nn(C(=O)O)c2ccc(-c3ccn([C@H](CO[Si](C)(C)C(C)(C)C)c4cc(F)cc(Br)c4)c(=O)c3)cc12. The van der Waals surface area contributed by atoms with Crippen LogP contribution in [0.3, 0.4) is 0 Å². The van der Waals surface area contributed by atoms with E-state index in [9.17, 15) is 19.1 Å². The normalized spacial score (nSPS) is 13.0. The van der Waals surface area contributed by atoms with Crippen molar-refractivity contribution in [1.82, 2.24) is 14.3 Å². The lowest BCUT2D eigenvalue weighted by Crippen LogP contribution is -2.43. The minimum Gasteiger partial charge on any atom is -0.463 e. The summed E-state index contributed by atoms with van der Waals surface area (Å²) in [6.07, 6.45) is 0.506. The Morgan fingerprint density at radius 1 is 1.15 bits per heavy atom. The molecule has 39 heavy (non-hydrogen) atoms. The molecule has 0 saturated heterocycles. The van der Waals surface area contributed by atoms with Gasteiger partial charge in [-0.25, -0.2) is 9.18 Å². The van der Waals surface area contributed by atoms with Crippen molar-refractivity contribution in [2.45, 2.75) is 44.9 Å². The summed E-state index contributed by atoms with van der Waals surface area (Å²) < 4.78 is 23.9. The van der Waals surface area contributed by atoms with Crippen LogP contribution in [0.25, 0.3) is 22.0 Å². The number of fused-ring (bicyclic) bond motifs is 1. The maximum Gasteiger partial charge on any atom is 0.432 e. The smallest absolute Gasteiger partial charge is 0.432 e. The first-order valence-corrected chi connectivity index (χ1v) is 16.2. The number of nitrogens with zero attached hydrogens (tertiary/aromatic N) is 3. The standard InChI is InChI=1S/C28H32BrFN4O4Si/c1-28(2,3)39(5,6)38-16-24(19-11-20(29)15-21(30)12-19)33-10-9-18(14-25(33)35)17-7-8-23-22(13-17)26(31-4)32-34(23)27(36)37/h7-15,24H,16H2,1-6H3,(H,31,32)(H,36,37)/t24-/m1/s1. The van der Waals surface area contributed by atoms with Crippen molar-refractivity contribution in [1.29, 1.82) is 0 Å². The molecule has 206 valence electrons. The molecule has 4 rings (SSSR count). The third kappa shape index (κ3) is 5.85. The van der Waals surface area contributed by atoms with Crippen molar-refractivity contribution >= 4 is 47.1 Å². The molecule has 0 aliphatic heterocycles. The number of halogens is 2. The molecule has 2 aromatic carbocycles. The lowest BCUT2D eigenvalue weighted by Gasteiger charge is -2.37. The highest BCUT2D eigenvalue weighted by molar-refractivity contribution is 9.10. The van der Waals surface area contributed by atoms with Gasteiger partial charge in [-0.3, -0.25) is 4.79 Å². The number of benzene rings is 2. The molecule has 2 heterocycles. The van der Waals surface area contributed by atoms with Crippen LogP contribution in [0.2, 0.25) is 18.1 Å². The average Bonchev–Trinajstić information content (AvgIpc) is 3.22. The molecule has 0 bridgehead atoms. The van der Waals surface area contributed by atoms with Gasteiger partial charge in [0, 0.05) is 29.2 Å². The summed E-state index contributed by atoms with van der Waals surface area (Å²) >= 11 is 3.37. The molecule has 0 aliphatic carbocycles. The molecule has 0 amide bonds. The van der Waals surface area contributed by atoms with Gasteiger partial charge in [0.1, 0.15) is 5.82 Å². The lowest BCUT2D eigenvalue weighted by atomic mass is 10.0. The number of carboxylic acid groups (broad SMARTS) is 1. The molecule has 0 saturated carbocycles. The fraction of sp³-hybridized carbons (Fsp3) is 0.321. The second-order valence-corrected chi connectivity index (χ2v) is 16.7. The highest BCUT2D eigenvalue weighted by Crippen LogP contribution is 2.38. The highest BCUT2D eigenvalue weighted by Gasteiger charge is 2.38. The fourth-order valence-corrected chi connectivity index (χ4v) is 5.65. The topological polar surface area (TPSA) is 98.4 Å². The number of pyridine rings is 1. The minimum atomic E-state index is -2.16. The van der Waals surface area contributed by atoms with E-state index in [1.807, 2.05) is 6.07 Å². The molecular formula is C28H32BrFN4O4Si. The van der Waals surface area contributed by atoms with Crippen molar-refractivity contribution in [3.05, 3.63) is 80.9 Å². The monoisotopic (exact) mass is 614 g/mol. The zero-order valence-corrected chi connectivity index (χ0v) is 25.3. The zero-order chi connectivity index (χ0) is 28.7. The van der Waals surface area contributed by atoms with E-state index in [0.29, 0.717) is 32.3 Å². The summed E-state index contributed by atoms with van der Waals surface area (Å²) in [6.45, 7) is 10.9. The third-order valence-corrected chi connectivity index (χ3v) is 12.4. The number of aromatic nitrogens is 3. The van der Waals surface area contributed by atoms with Crippen molar-refractivity contribution in [3.63, 3.8) is 0 Å². The Morgan fingerprint density at radius 3 is 2.44 bits per heavy atom. The van der Waals surface area contributed by atoms with Crippen LogP contribution in [0.4, 0.5) is 15.0 Å². The number of rotatable bonds is 7. The van der Waals surface area contributed by atoms with E-state index < -0.39 is 26.3 Å². The molecule has 0 unspecified atom stereocenters. The van der Waals surface area contributed by atoms with Crippen molar-refractivity contribution in [2.24, 2.45) is 0 Å². The predicted molar refractivity (Wildman–Crippen MR) is 158 cm³/mol. The number of hydrogen-bond acceptors (Lipinski definition) is 5. The van der Waals surface area contributed by atoms with Gasteiger partial charge in [-0.2, -0.15) is 4.68 Å². The summed E-state index contributed by atoms with van der Waals surface area (Å²) in [5, 5.41) is 17.1. The van der Waals surface area contributed by atoms with Gasteiger partial charge in [0.05, 0.1) is 18.2 Å². The second kappa shape index (κ2) is 10.7. The molecule has 2 aromatic heterocycles. The van der Waals surface area contributed by atoms with Crippen LogP contribution < -0.4 is 10.9 Å². The van der Waals surface area contributed by atoms with Crippen LogP contribution in [-0.4, -0.2) is 47.5 Å². The molecule has 0 aliphatic rings. The van der Waals surface area contributed by atoms with Gasteiger partial charge in [0.15, 0.2) is 14.1 Å². The van der Waals surface area contributed by atoms with E-state index in [-0.39, 0.29) is 17.2 Å². The Hall–Kier alpha value is -3.28. The van der Waals surface area contributed by atoms with E-state index in [4.69, 9.17) is 4.43 Å². The summed E-state index contributed by atoms with van der Waals surface area (Å²) in [6, 6.07) is 12.6. The summed E-state index contributed by atoms with van der Waals surface area (Å²) in [7, 11) is -0.494. The molecule has 8 nitrogen and oxygen atoms in total. The number of nitrogens with one attached hydrogen (secondary N) is 1. The van der Waals surface area contributed by atoms with Crippen LogP contribution >= 0.6 is 15.9 Å². The molecule has 4 aromatic rings. The third-order valence-electron chi connectivity index (χ3n) is 7.39. The van der Waals surface area contributed by atoms with Gasteiger partial charge < -0.3 is 19.4 Å². The van der Waals surface area contributed by atoms with Crippen molar-refractivity contribution in [2.75, 3.05) is 19.0 Å². The van der Waals surface area contributed by atoms with Crippen molar-refractivity contribution in [3.8, 4) is 11.1 Å². The van der Waals surface area contributed by atoms with Crippen molar-refractivity contribution < 1.29 is 18.7 Å². The van der Waals surface area contributed by atoms with Crippen LogP contribution in [0, 0.1) is 5.82 Å². The molecule has 0 radical (unpaired) electrons. The highest BCUT2D eigenvalue weighted by atomic mass is 79.9. The zero-order valence-electron chi connectivity index (χ0n) is 22.8.